The van der Waals surface area contributed by atoms with Gasteiger partial charge in [0.25, 0.3) is 17.2 Å². The summed E-state index contributed by atoms with van der Waals surface area (Å²) in [6, 6.07) is 19.3. The molecule has 1 saturated heterocycles. The lowest BCUT2D eigenvalue weighted by Gasteiger charge is -2.30. The summed E-state index contributed by atoms with van der Waals surface area (Å²) in [7, 11) is 1.26. The number of nitrogens with zero attached hydrogens (tertiary/aromatic N) is 2. The monoisotopic (exact) mass is 605 g/mol. The topological polar surface area (TPSA) is 122 Å². The van der Waals surface area contributed by atoms with Gasteiger partial charge in [0.15, 0.2) is 5.76 Å². The zero-order chi connectivity index (χ0) is 30.7. The van der Waals surface area contributed by atoms with Gasteiger partial charge in [-0.05, 0) is 60.4 Å². The number of carbonyl (C=O) groups excluding carboxylic acids is 2. The first-order valence-corrected chi connectivity index (χ1v) is 15.1. The summed E-state index contributed by atoms with van der Waals surface area (Å²) < 4.78 is 39.7. The molecular formula is C32H35N3O7S. The Kier molecular flexibility index (Phi) is 9.14. The number of nitrogens with one attached hydrogen (secondary N) is 1. The third-order valence-electron chi connectivity index (χ3n) is 7.58. The molecule has 2 heterocycles. The predicted molar refractivity (Wildman–Crippen MR) is 168 cm³/mol. The van der Waals surface area contributed by atoms with E-state index in [0.29, 0.717) is 30.2 Å². The fourth-order valence-corrected chi connectivity index (χ4v) is 6.23. The van der Waals surface area contributed by atoms with Crippen LogP contribution in [0.1, 0.15) is 30.0 Å². The van der Waals surface area contributed by atoms with E-state index in [0.717, 1.165) is 45.2 Å². The fourth-order valence-electron chi connectivity index (χ4n) is 5.41. The lowest BCUT2D eigenvalue weighted by atomic mass is 10.0. The van der Waals surface area contributed by atoms with Gasteiger partial charge in [-0.15, -0.1) is 0 Å². The minimum atomic E-state index is -2.44. The molecule has 0 radical (unpaired) electrons. The van der Waals surface area contributed by atoms with Gasteiger partial charge < -0.3 is 24.1 Å². The van der Waals surface area contributed by atoms with Gasteiger partial charge in [0.05, 0.1) is 26.0 Å². The van der Waals surface area contributed by atoms with E-state index in [4.69, 9.17) is 13.9 Å². The van der Waals surface area contributed by atoms with Crippen LogP contribution in [0, 0.1) is 12.8 Å². The highest BCUT2D eigenvalue weighted by Gasteiger charge is 2.34. The van der Waals surface area contributed by atoms with Crippen molar-refractivity contribution in [3.05, 3.63) is 78.1 Å². The number of furan rings is 1. The van der Waals surface area contributed by atoms with Gasteiger partial charge in [0.1, 0.15) is 11.6 Å². The van der Waals surface area contributed by atoms with E-state index >= 15 is 0 Å². The predicted octanol–water partition coefficient (Wildman–Crippen LogP) is 5.64. The molecule has 5 rings (SSSR count). The van der Waals surface area contributed by atoms with Crippen LogP contribution in [0.4, 0.5) is 17.1 Å². The Balaban J connectivity index is 1.32. The quantitative estimate of drug-likeness (QED) is 0.186. The minimum absolute atomic E-state index is 0.263. The largest absolute Gasteiger partial charge is 0.467 e. The van der Waals surface area contributed by atoms with E-state index in [1.807, 2.05) is 37.3 Å². The van der Waals surface area contributed by atoms with E-state index in [9.17, 15) is 18.4 Å². The smallest absolute Gasteiger partial charge is 0.329 e. The molecule has 1 aliphatic rings. The van der Waals surface area contributed by atoms with Crippen LogP contribution < -0.4 is 14.5 Å². The molecule has 2 atom stereocenters. The first kappa shape index (κ1) is 30.3. The second-order valence-electron chi connectivity index (χ2n) is 10.7. The van der Waals surface area contributed by atoms with Crippen molar-refractivity contribution in [2.75, 3.05) is 47.9 Å². The van der Waals surface area contributed by atoms with Crippen molar-refractivity contribution >= 4 is 51.2 Å². The van der Waals surface area contributed by atoms with Crippen molar-refractivity contribution in [3.63, 3.8) is 0 Å². The molecule has 226 valence electrons. The number of hydrogen-bond acceptors (Lipinski definition) is 7. The molecule has 0 bridgehead atoms. The first-order valence-electron chi connectivity index (χ1n) is 14.0. The highest BCUT2D eigenvalue weighted by molar-refractivity contribution is 7.80. The van der Waals surface area contributed by atoms with Crippen LogP contribution in [-0.4, -0.2) is 60.1 Å². The van der Waals surface area contributed by atoms with Gasteiger partial charge in [-0.2, -0.15) is 0 Å². The minimum Gasteiger partial charge on any atom is -0.467 e. The summed E-state index contributed by atoms with van der Waals surface area (Å²) in [6.07, 6.45) is 0. The molecule has 2 unspecified atom stereocenters. The number of ether oxygens (including phenoxy) is 2. The van der Waals surface area contributed by atoms with Gasteiger partial charge in [-0.25, -0.2) is 9.00 Å². The van der Waals surface area contributed by atoms with Gasteiger partial charge in [0, 0.05) is 35.4 Å². The summed E-state index contributed by atoms with van der Waals surface area (Å²) in [5.74, 6) is -0.912. The number of anilines is 3. The Bertz CT molecular complexity index is 1630. The molecule has 11 heteroatoms. The zero-order valence-corrected chi connectivity index (χ0v) is 25.3. The summed E-state index contributed by atoms with van der Waals surface area (Å²) in [6.45, 7) is 8.37. The molecule has 0 aliphatic carbocycles. The van der Waals surface area contributed by atoms with Gasteiger partial charge in [-0.3, -0.25) is 13.7 Å². The number of hydrogen-bond donors (Lipinski definition) is 2. The van der Waals surface area contributed by atoms with Gasteiger partial charge in [0.2, 0.25) is 0 Å². The van der Waals surface area contributed by atoms with Crippen LogP contribution in [0.15, 0.2) is 71.1 Å². The molecule has 1 amide bonds. The third kappa shape index (κ3) is 6.29. The lowest BCUT2D eigenvalue weighted by Crippen LogP contribution is -2.46. The second-order valence-corrected chi connectivity index (χ2v) is 11.5. The highest BCUT2D eigenvalue weighted by atomic mass is 32.2. The van der Waals surface area contributed by atoms with Crippen molar-refractivity contribution in [1.29, 1.82) is 0 Å². The standard InChI is InChI=1S/C32H35N3O7S/c1-20(2)29(32(37)40-4)35(43(38)39)25-14-10-23(11-15-25)22-8-12-24(13-9-22)33-31(36)30-21(3)28-26(6-5-7-27(28)42-30)34-16-18-41-19-17-34/h5-15,20,29H,16-19H2,1-4H3,(H,33,36)(H,38,39). The number of fused-ring (bicyclic) bond motifs is 1. The molecule has 4 aromatic rings. The Morgan fingerprint density at radius 2 is 1.63 bits per heavy atom. The SMILES string of the molecule is COC(=O)C(C(C)C)N(c1ccc(-c2ccc(NC(=O)c3oc4cccc(N5CCOCC5)c4c3C)cc2)cc1)S(=O)O. The molecule has 3 aromatic carbocycles. The van der Waals surface area contributed by atoms with Crippen molar-refractivity contribution in [1.82, 2.24) is 0 Å². The zero-order valence-electron chi connectivity index (χ0n) is 24.5. The van der Waals surface area contributed by atoms with Crippen molar-refractivity contribution < 1.29 is 32.2 Å². The maximum atomic E-state index is 13.3. The Morgan fingerprint density at radius 3 is 2.21 bits per heavy atom. The molecule has 2 N–H and O–H groups in total. The highest BCUT2D eigenvalue weighted by Crippen LogP contribution is 2.35. The molecular weight excluding hydrogens is 570 g/mol. The van der Waals surface area contributed by atoms with Crippen LogP contribution in [-0.2, 0) is 25.5 Å². The van der Waals surface area contributed by atoms with Crippen LogP contribution in [0.3, 0.4) is 0 Å². The van der Waals surface area contributed by atoms with E-state index in [2.05, 4.69) is 10.2 Å². The van der Waals surface area contributed by atoms with Crippen molar-refractivity contribution in [3.8, 4) is 11.1 Å². The number of rotatable bonds is 9. The van der Waals surface area contributed by atoms with E-state index in [1.165, 1.54) is 7.11 Å². The summed E-state index contributed by atoms with van der Waals surface area (Å²) in [5, 5.41) is 3.87. The Morgan fingerprint density at radius 1 is 1.00 bits per heavy atom. The summed E-state index contributed by atoms with van der Waals surface area (Å²) in [4.78, 5) is 27.9. The van der Waals surface area contributed by atoms with Gasteiger partial charge in [-0.1, -0.05) is 44.2 Å². The number of esters is 1. The number of aryl methyl sites for hydroxylation is 1. The van der Waals surface area contributed by atoms with Crippen molar-refractivity contribution in [2.45, 2.75) is 26.8 Å². The van der Waals surface area contributed by atoms with Crippen molar-refractivity contribution in [2.24, 2.45) is 5.92 Å². The molecule has 0 saturated carbocycles. The number of carbonyl (C=O) groups is 2. The fraction of sp³-hybridized carbons (Fsp3) is 0.312. The second kappa shape index (κ2) is 13.0. The Labute approximate surface area is 253 Å². The van der Waals surface area contributed by atoms with Gasteiger partial charge >= 0.3 is 5.97 Å². The Hall–Kier alpha value is -4.19. The third-order valence-corrected chi connectivity index (χ3v) is 8.36. The number of benzene rings is 3. The molecule has 1 aliphatic heterocycles. The number of morpholine rings is 1. The lowest BCUT2D eigenvalue weighted by molar-refractivity contribution is -0.142. The molecule has 0 spiro atoms. The van der Waals surface area contributed by atoms with Crippen LogP contribution in [0.5, 0.6) is 0 Å². The van der Waals surface area contributed by atoms with Crippen LogP contribution in [0.25, 0.3) is 22.1 Å². The average molecular weight is 606 g/mol. The van der Waals surface area contributed by atoms with Crippen LogP contribution in [0.2, 0.25) is 0 Å². The molecule has 43 heavy (non-hydrogen) atoms. The van der Waals surface area contributed by atoms with E-state index in [1.54, 1.807) is 50.2 Å². The maximum absolute atomic E-state index is 13.3. The normalized spacial score (nSPS) is 14.9. The average Bonchev–Trinajstić information content (AvgIpc) is 3.36. The molecule has 10 nitrogen and oxygen atoms in total. The number of methoxy groups -OCH3 is 1. The number of amides is 1. The van der Waals surface area contributed by atoms with E-state index < -0.39 is 23.3 Å². The first-order chi connectivity index (χ1) is 20.7. The summed E-state index contributed by atoms with van der Waals surface area (Å²) >= 11 is -2.44. The maximum Gasteiger partial charge on any atom is 0.329 e. The van der Waals surface area contributed by atoms with E-state index in [-0.39, 0.29) is 17.6 Å². The molecule has 1 fully saturated rings. The van der Waals surface area contributed by atoms with Crippen LogP contribution >= 0.6 is 0 Å². The summed E-state index contributed by atoms with van der Waals surface area (Å²) in [5.41, 5.74) is 5.25. The molecule has 1 aromatic heterocycles.